The summed E-state index contributed by atoms with van der Waals surface area (Å²) >= 11 is 0. The Morgan fingerprint density at radius 3 is 2.59 bits per heavy atom. The molecule has 1 N–H and O–H groups in total. The van der Waals surface area contributed by atoms with Crippen LogP contribution in [0.2, 0.25) is 0 Å². The molecule has 1 aliphatic heterocycles. The molecule has 0 bridgehead atoms. The molecule has 142 valence electrons. The van der Waals surface area contributed by atoms with E-state index >= 15 is 0 Å². The summed E-state index contributed by atoms with van der Waals surface area (Å²) in [7, 11) is 0. The van der Waals surface area contributed by atoms with Crippen LogP contribution in [0.5, 0.6) is 0 Å². The first-order valence-corrected chi connectivity index (χ1v) is 9.52. The molecule has 2 heterocycles. The van der Waals surface area contributed by atoms with E-state index < -0.39 is 5.54 Å². The molecule has 1 atom stereocenters. The highest BCUT2D eigenvalue weighted by Gasteiger charge is 2.41. The van der Waals surface area contributed by atoms with Gasteiger partial charge in [0, 0.05) is 37.3 Å². The highest BCUT2D eigenvalue weighted by Crippen LogP contribution is 2.27. The summed E-state index contributed by atoms with van der Waals surface area (Å²) in [5.74, 6) is 0.133. The lowest BCUT2D eigenvalue weighted by Gasteiger charge is -2.44. The fourth-order valence-electron chi connectivity index (χ4n) is 3.71. The first kappa shape index (κ1) is 19.1. The summed E-state index contributed by atoms with van der Waals surface area (Å²) < 4.78 is 0. The minimum absolute atomic E-state index is 0.0183. The van der Waals surface area contributed by atoms with Crippen molar-refractivity contribution in [2.24, 2.45) is 0 Å². The lowest BCUT2D eigenvalue weighted by molar-refractivity contribution is -0.140. The van der Waals surface area contributed by atoms with Crippen LogP contribution in [0.3, 0.4) is 0 Å². The molecule has 1 unspecified atom stereocenters. The van der Waals surface area contributed by atoms with Crippen molar-refractivity contribution in [1.82, 2.24) is 15.2 Å². The van der Waals surface area contributed by atoms with Gasteiger partial charge in [-0.2, -0.15) is 0 Å². The zero-order chi connectivity index (χ0) is 19.3. The summed E-state index contributed by atoms with van der Waals surface area (Å²) in [6.07, 6.45) is 3.79. The molecule has 0 spiro atoms. The summed E-state index contributed by atoms with van der Waals surface area (Å²) in [6, 6.07) is 15.6. The Labute approximate surface area is 160 Å². The van der Waals surface area contributed by atoms with Crippen molar-refractivity contribution in [3.05, 3.63) is 66.0 Å². The lowest BCUT2D eigenvalue weighted by atomic mass is 9.83. The molecule has 5 heteroatoms. The fourth-order valence-corrected chi connectivity index (χ4v) is 3.71. The van der Waals surface area contributed by atoms with Crippen LogP contribution in [0.25, 0.3) is 0 Å². The second kappa shape index (κ2) is 8.33. The van der Waals surface area contributed by atoms with Gasteiger partial charge in [-0.05, 0) is 38.0 Å². The molecule has 1 fully saturated rings. The molecule has 27 heavy (non-hydrogen) atoms. The number of carbonyl (C=O) groups excluding carboxylic acids is 2. The van der Waals surface area contributed by atoms with E-state index in [1.807, 2.05) is 67.3 Å². The Morgan fingerprint density at radius 1 is 1.19 bits per heavy atom. The first-order valence-electron chi connectivity index (χ1n) is 9.52. The molecule has 1 aliphatic rings. The molecule has 0 radical (unpaired) electrons. The molecule has 2 amide bonds. The zero-order valence-corrected chi connectivity index (χ0v) is 16.0. The van der Waals surface area contributed by atoms with Crippen LogP contribution in [0.15, 0.2) is 54.7 Å². The molecule has 1 aromatic carbocycles. The summed E-state index contributed by atoms with van der Waals surface area (Å²) in [4.78, 5) is 31.5. The maximum atomic E-state index is 12.8. The van der Waals surface area contributed by atoms with E-state index in [9.17, 15) is 9.59 Å². The number of nitrogens with zero attached hydrogens (tertiary/aromatic N) is 2. The second-order valence-corrected chi connectivity index (χ2v) is 7.60. The Balaban J connectivity index is 1.81. The third-order valence-corrected chi connectivity index (χ3v) is 5.09. The third-order valence-electron chi connectivity index (χ3n) is 5.09. The number of benzene rings is 1. The van der Waals surface area contributed by atoms with Crippen LogP contribution >= 0.6 is 0 Å². The van der Waals surface area contributed by atoms with Gasteiger partial charge in [-0.15, -0.1) is 0 Å². The van der Waals surface area contributed by atoms with E-state index in [0.29, 0.717) is 32.2 Å². The third kappa shape index (κ3) is 4.94. The average Bonchev–Trinajstić information content (AvgIpc) is 2.65. The van der Waals surface area contributed by atoms with E-state index in [1.54, 1.807) is 6.20 Å². The largest absolute Gasteiger partial charge is 0.348 e. The number of carbonyl (C=O) groups is 2. The van der Waals surface area contributed by atoms with Gasteiger partial charge < -0.3 is 10.2 Å². The monoisotopic (exact) mass is 365 g/mol. The van der Waals surface area contributed by atoms with Gasteiger partial charge in [-0.1, -0.05) is 36.4 Å². The number of hydrogen-bond donors (Lipinski definition) is 1. The molecular weight excluding hydrogens is 338 g/mol. The number of piperidine rings is 1. The van der Waals surface area contributed by atoms with Crippen molar-refractivity contribution < 1.29 is 9.59 Å². The average molecular weight is 365 g/mol. The summed E-state index contributed by atoms with van der Waals surface area (Å²) in [6.45, 7) is 4.54. The summed E-state index contributed by atoms with van der Waals surface area (Å²) in [5.41, 5.74) is 1.42. The SMILES string of the molecule is CC(C)N1CC(Cc2ccccn2)(NC(=O)Cc2ccccc2)CCC1=O. The van der Waals surface area contributed by atoms with Crippen molar-refractivity contribution >= 4 is 11.8 Å². The molecule has 3 rings (SSSR count). The zero-order valence-electron chi connectivity index (χ0n) is 16.0. The molecule has 1 aromatic heterocycles. The van der Waals surface area contributed by atoms with Gasteiger partial charge in [0.15, 0.2) is 0 Å². The summed E-state index contributed by atoms with van der Waals surface area (Å²) in [5, 5.41) is 3.26. The number of aromatic nitrogens is 1. The van der Waals surface area contributed by atoms with E-state index in [4.69, 9.17) is 0 Å². The number of nitrogens with one attached hydrogen (secondary N) is 1. The van der Waals surface area contributed by atoms with Crippen LogP contribution in [0.1, 0.15) is 37.9 Å². The minimum Gasteiger partial charge on any atom is -0.348 e. The highest BCUT2D eigenvalue weighted by atomic mass is 16.2. The van der Waals surface area contributed by atoms with Crippen molar-refractivity contribution in [3.8, 4) is 0 Å². The van der Waals surface area contributed by atoms with Gasteiger partial charge in [0.1, 0.15) is 0 Å². The van der Waals surface area contributed by atoms with Gasteiger partial charge in [0.05, 0.1) is 12.0 Å². The van der Waals surface area contributed by atoms with Gasteiger partial charge in [-0.25, -0.2) is 0 Å². The van der Waals surface area contributed by atoms with E-state index in [0.717, 1.165) is 11.3 Å². The Kier molecular flexibility index (Phi) is 5.89. The van der Waals surface area contributed by atoms with Crippen LogP contribution in [0, 0.1) is 0 Å². The smallest absolute Gasteiger partial charge is 0.224 e. The van der Waals surface area contributed by atoms with Crippen molar-refractivity contribution in [3.63, 3.8) is 0 Å². The predicted octanol–water partition coefficient (Wildman–Crippen LogP) is 2.75. The topological polar surface area (TPSA) is 62.3 Å². The van der Waals surface area contributed by atoms with E-state index in [2.05, 4.69) is 10.3 Å². The second-order valence-electron chi connectivity index (χ2n) is 7.60. The quantitative estimate of drug-likeness (QED) is 0.856. The number of rotatable bonds is 6. The van der Waals surface area contributed by atoms with Gasteiger partial charge in [0.25, 0.3) is 0 Å². The minimum atomic E-state index is -0.488. The lowest BCUT2D eigenvalue weighted by Crippen LogP contribution is -2.62. The predicted molar refractivity (Wildman–Crippen MR) is 105 cm³/mol. The number of amides is 2. The van der Waals surface area contributed by atoms with E-state index in [-0.39, 0.29) is 17.9 Å². The Morgan fingerprint density at radius 2 is 1.93 bits per heavy atom. The van der Waals surface area contributed by atoms with Gasteiger partial charge in [-0.3, -0.25) is 14.6 Å². The standard InChI is InChI=1S/C22H27N3O2/c1-17(2)25-16-22(12-11-21(25)27,15-19-10-6-7-13-23-19)24-20(26)14-18-8-4-3-5-9-18/h3-10,13,17H,11-12,14-16H2,1-2H3,(H,24,26). The maximum absolute atomic E-state index is 12.8. The molecule has 1 saturated heterocycles. The highest BCUT2D eigenvalue weighted by molar-refractivity contribution is 5.81. The molecule has 2 aromatic rings. The van der Waals surface area contributed by atoms with Crippen LogP contribution in [0.4, 0.5) is 0 Å². The van der Waals surface area contributed by atoms with Crippen molar-refractivity contribution in [1.29, 1.82) is 0 Å². The van der Waals surface area contributed by atoms with Gasteiger partial charge >= 0.3 is 0 Å². The van der Waals surface area contributed by atoms with E-state index in [1.165, 1.54) is 0 Å². The van der Waals surface area contributed by atoms with Crippen LogP contribution in [-0.2, 0) is 22.4 Å². The molecule has 0 aliphatic carbocycles. The molecule has 0 saturated carbocycles. The van der Waals surface area contributed by atoms with Gasteiger partial charge in [0.2, 0.25) is 11.8 Å². The van der Waals surface area contributed by atoms with Crippen molar-refractivity contribution in [2.75, 3.05) is 6.54 Å². The molecular formula is C22H27N3O2. The molecule has 5 nitrogen and oxygen atoms in total. The number of hydrogen-bond acceptors (Lipinski definition) is 3. The van der Waals surface area contributed by atoms with Crippen LogP contribution in [-0.4, -0.2) is 39.8 Å². The maximum Gasteiger partial charge on any atom is 0.224 e. The fraction of sp³-hybridized carbons (Fsp3) is 0.409. The number of likely N-dealkylation sites (tertiary alicyclic amines) is 1. The van der Waals surface area contributed by atoms with Crippen LogP contribution < -0.4 is 5.32 Å². The normalized spacial score (nSPS) is 20.0. The Bertz CT molecular complexity index is 777. The van der Waals surface area contributed by atoms with Crippen molar-refractivity contribution in [2.45, 2.75) is 51.1 Å². The Hall–Kier alpha value is -2.69. The number of pyridine rings is 1. The first-order chi connectivity index (χ1) is 13.0.